The van der Waals surface area contributed by atoms with Crippen LogP contribution in [0.2, 0.25) is 0 Å². The maximum Gasteiger partial charge on any atom is 0.293 e. The Bertz CT molecular complexity index is 663. The molecule has 7 nitrogen and oxygen atoms in total. The molecule has 1 atom stereocenters. The number of rotatable bonds is 4. The van der Waals surface area contributed by atoms with Gasteiger partial charge in [0.25, 0.3) is 11.6 Å². The summed E-state index contributed by atoms with van der Waals surface area (Å²) in [5.74, 6) is -0.150. The van der Waals surface area contributed by atoms with Crippen molar-refractivity contribution in [3.05, 3.63) is 33.9 Å². The van der Waals surface area contributed by atoms with E-state index in [0.717, 1.165) is 32.4 Å². The third-order valence-electron chi connectivity index (χ3n) is 5.20. The Morgan fingerprint density at radius 3 is 2.56 bits per heavy atom. The molecular formula is C17H25ClN4O3. The number of carbonyl (C=O) groups is 1. The topological polar surface area (TPSA) is 92.7 Å². The first kappa shape index (κ1) is 19.5. The molecule has 8 heteroatoms. The fraction of sp³-hybridized carbons (Fsp3) is 0.588. The van der Waals surface area contributed by atoms with Crippen molar-refractivity contribution in [3.63, 3.8) is 0 Å². The van der Waals surface area contributed by atoms with Crippen molar-refractivity contribution in [2.45, 2.75) is 26.2 Å². The number of nitrogens with zero attached hydrogens (tertiary/aromatic N) is 3. The molecular weight excluding hydrogens is 344 g/mol. The number of hydrogen-bond donors (Lipinski definition) is 1. The highest BCUT2D eigenvalue weighted by atomic mass is 35.5. The quantitative estimate of drug-likeness (QED) is 0.650. The van der Waals surface area contributed by atoms with Crippen molar-refractivity contribution < 1.29 is 9.72 Å². The lowest BCUT2D eigenvalue weighted by atomic mass is 9.90. The molecule has 0 aromatic heterocycles. The van der Waals surface area contributed by atoms with E-state index in [0.29, 0.717) is 30.9 Å². The third-order valence-corrected chi connectivity index (χ3v) is 5.20. The Labute approximate surface area is 153 Å². The molecule has 0 saturated carbocycles. The average molecular weight is 369 g/mol. The average Bonchev–Trinajstić information content (AvgIpc) is 3.24. The first-order valence-corrected chi connectivity index (χ1v) is 8.46. The number of hydrogen-bond acceptors (Lipinski definition) is 5. The molecule has 2 N–H and O–H groups in total. The van der Waals surface area contributed by atoms with E-state index in [1.165, 1.54) is 6.07 Å². The normalized spacial score (nSPS) is 22.8. The van der Waals surface area contributed by atoms with Crippen LogP contribution in [0.3, 0.4) is 0 Å². The van der Waals surface area contributed by atoms with Gasteiger partial charge in [-0.05, 0) is 43.4 Å². The highest BCUT2D eigenvalue weighted by Crippen LogP contribution is 2.34. The summed E-state index contributed by atoms with van der Waals surface area (Å²) in [4.78, 5) is 27.6. The molecule has 0 bridgehead atoms. The van der Waals surface area contributed by atoms with E-state index in [1.54, 1.807) is 17.0 Å². The van der Waals surface area contributed by atoms with Crippen LogP contribution < -0.4 is 10.6 Å². The van der Waals surface area contributed by atoms with E-state index in [9.17, 15) is 14.9 Å². The number of nitrogens with two attached hydrogens (primary N) is 1. The number of anilines is 1. The predicted molar refractivity (Wildman–Crippen MR) is 99.5 cm³/mol. The molecule has 1 amide bonds. The number of amides is 1. The van der Waals surface area contributed by atoms with Crippen LogP contribution in [-0.2, 0) is 0 Å². The van der Waals surface area contributed by atoms with Gasteiger partial charge in [-0.1, -0.05) is 6.92 Å². The smallest absolute Gasteiger partial charge is 0.293 e. The van der Waals surface area contributed by atoms with E-state index in [4.69, 9.17) is 5.73 Å². The Morgan fingerprint density at radius 2 is 2.00 bits per heavy atom. The Hall–Kier alpha value is -1.86. The second-order valence-corrected chi connectivity index (χ2v) is 7.15. The maximum atomic E-state index is 12.7. The monoisotopic (exact) mass is 368 g/mol. The number of nitro groups is 1. The standard InChI is InChI=1S/C17H24N4O3.ClH/c1-17(11-18)6-9-20(12-17)16(22)13-4-5-14(15(10-13)21(23)24)19-7-2-3-8-19;/h4-5,10H,2-3,6-9,11-12,18H2,1H3;1H. The lowest BCUT2D eigenvalue weighted by Gasteiger charge is -2.23. The number of benzene rings is 1. The van der Waals surface area contributed by atoms with Gasteiger partial charge in [0.15, 0.2) is 0 Å². The number of halogens is 1. The highest BCUT2D eigenvalue weighted by Gasteiger charge is 2.35. The molecule has 2 aliphatic rings. The summed E-state index contributed by atoms with van der Waals surface area (Å²) >= 11 is 0. The molecule has 2 saturated heterocycles. The molecule has 2 heterocycles. The van der Waals surface area contributed by atoms with Crippen LogP contribution in [0.1, 0.15) is 36.5 Å². The van der Waals surface area contributed by atoms with E-state index >= 15 is 0 Å². The molecule has 0 radical (unpaired) electrons. The third kappa shape index (κ3) is 3.88. The molecule has 1 aromatic carbocycles. The van der Waals surface area contributed by atoms with Crippen molar-refractivity contribution >= 4 is 29.7 Å². The summed E-state index contributed by atoms with van der Waals surface area (Å²) in [6.45, 7) is 5.51. The minimum atomic E-state index is -0.390. The molecule has 2 aliphatic heterocycles. The van der Waals surface area contributed by atoms with Gasteiger partial charge < -0.3 is 15.5 Å². The van der Waals surface area contributed by atoms with Crippen LogP contribution in [0, 0.1) is 15.5 Å². The van der Waals surface area contributed by atoms with Gasteiger partial charge in [0.2, 0.25) is 0 Å². The molecule has 138 valence electrons. The Kier molecular flexibility index (Phi) is 5.90. The van der Waals surface area contributed by atoms with E-state index in [2.05, 4.69) is 6.92 Å². The predicted octanol–water partition coefficient (Wildman–Crippen LogP) is 2.43. The van der Waals surface area contributed by atoms with Crippen LogP contribution in [0.4, 0.5) is 11.4 Å². The van der Waals surface area contributed by atoms with Gasteiger partial charge in [0.05, 0.1) is 4.92 Å². The Morgan fingerprint density at radius 1 is 1.32 bits per heavy atom. The van der Waals surface area contributed by atoms with E-state index in [1.807, 2.05) is 4.90 Å². The van der Waals surface area contributed by atoms with Gasteiger partial charge in [0.1, 0.15) is 5.69 Å². The first-order valence-electron chi connectivity index (χ1n) is 8.46. The van der Waals surface area contributed by atoms with Crippen LogP contribution >= 0.6 is 12.4 Å². The van der Waals surface area contributed by atoms with Crippen molar-refractivity contribution in [1.82, 2.24) is 4.90 Å². The minimum Gasteiger partial charge on any atom is -0.366 e. The summed E-state index contributed by atoms with van der Waals surface area (Å²) in [6.07, 6.45) is 2.95. The molecule has 25 heavy (non-hydrogen) atoms. The summed E-state index contributed by atoms with van der Waals surface area (Å²) < 4.78 is 0. The van der Waals surface area contributed by atoms with E-state index < -0.39 is 4.92 Å². The minimum absolute atomic E-state index is 0. The van der Waals surface area contributed by atoms with Gasteiger partial charge in [-0.3, -0.25) is 14.9 Å². The van der Waals surface area contributed by atoms with Gasteiger partial charge in [-0.25, -0.2) is 0 Å². The molecule has 0 aliphatic carbocycles. The maximum absolute atomic E-state index is 12.7. The molecule has 0 spiro atoms. The summed E-state index contributed by atoms with van der Waals surface area (Å²) in [5.41, 5.74) is 6.74. The molecule has 1 unspecified atom stereocenters. The highest BCUT2D eigenvalue weighted by molar-refractivity contribution is 5.96. The second kappa shape index (κ2) is 7.58. The van der Waals surface area contributed by atoms with Crippen LogP contribution in [0.25, 0.3) is 0 Å². The van der Waals surface area contributed by atoms with Crippen molar-refractivity contribution in [2.75, 3.05) is 37.6 Å². The zero-order valence-electron chi connectivity index (χ0n) is 14.4. The van der Waals surface area contributed by atoms with Crippen molar-refractivity contribution in [2.24, 2.45) is 11.1 Å². The number of carbonyl (C=O) groups excluding carboxylic acids is 1. The summed E-state index contributed by atoms with van der Waals surface area (Å²) in [6, 6.07) is 4.85. The molecule has 1 aromatic rings. The van der Waals surface area contributed by atoms with Crippen molar-refractivity contribution in [3.8, 4) is 0 Å². The fourth-order valence-corrected chi connectivity index (χ4v) is 3.57. The second-order valence-electron chi connectivity index (χ2n) is 7.15. The number of likely N-dealkylation sites (tertiary alicyclic amines) is 1. The van der Waals surface area contributed by atoms with Crippen LogP contribution in [-0.4, -0.2) is 48.5 Å². The van der Waals surface area contributed by atoms with Gasteiger partial charge in [-0.15, -0.1) is 12.4 Å². The largest absolute Gasteiger partial charge is 0.366 e. The van der Waals surface area contributed by atoms with Gasteiger partial charge >= 0.3 is 0 Å². The van der Waals surface area contributed by atoms with Gasteiger partial charge in [0, 0.05) is 37.8 Å². The van der Waals surface area contributed by atoms with Gasteiger partial charge in [-0.2, -0.15) is 0 Å². The molecule has 3 rings (SSSR count). The lowest BCUT2D eigenvalue weighted by molar-refractivity contribution is -0.384. The van der Waals surface area contributed by atoms with Crippen molar-refractivity contribution in [1.29, 1.82) is 0 Å². The summed E-state index contributed by atoms with van der Waals surface area (Å²) in [7, 11) is 0. The van der Waals surface area contributed by atoms with Crippen LogP contribution in [0.5, 0.6) is 0 Å². The molecule has 2 fully saturated rings. The van der Waals surface area contributed by atoms with E-state index in [-0.39, 0.29) is 29.4 Å². The lowest BCUT2D eigenvalue weighted by Crippen LogP contribution is -2.34. The first-order chi connectivity index (χ1) is 11.4. The SMILES string of the molecule is CC1(CN)CCN(C(=O)c2ccc(N3CCCC3)c([N+](=O)[O-])c2)C1.Cl. The zero-order valence-corrected chi connectivity index (χ0v) is 15.3. The van der Waals surface area contributed by atoms with Crippen LogP contribution in [0.15, 0.2) is 18.2 Å². The summed E-state index contributed by atoms with van der Waals surface area (Å²) in [5, 5.41) is 11.5. The fourth-order valence-electron chi connectivity index (χ4n) is 3.57. The zero-order chi connectivity index (χ0) is 17.3. The Balaban J connectivity index is 0.00000225. The number of nitro benzene ring substituents is 1.